The number of hydrogen-bond donors (Lipinski definition) is 0. The molecule has 0 fully saturated rings. The Morgan fingerprint density at radius 3 is 2.78 bits per heavy atom. The topological polar surface area (TPSA) is 85.6 Å². The molecule has 1 heterocycles. The second-order valence-electron chi connectivity index (χ2n) is 3.84. The van der Waals surface area contributed by atoms with Crippen molar-refractivity contribution in [2.24, 2.45) is 0 Å². The second-order valence-corrected chi connectivity index (χ2v) is 3.84. The first kappa shape index (κ1) is 13.9. The van der Waals surface area contributed by atoms with E-state index < -0.39 is 4.92 Å². The van der Waals surface area contributed by atoms with Crippen LogP contribution >= 0.6 is 0 Å². The Morgan fingerprint density at radius 2 is 2.28 bits per heavy atom. The van der Waals surface area contributed by atoms with E-state index in [0.717, 1.165) is 0 Å². The van der Waals surface area contributed by atoms with Crippen LogP contribution < -0.4 is 4.90 Å². The maximum atomic E-state index is 11.0. The Bertz CT molecular complexity index is 462. The maximum absolute atomic E-state index is 11.0. The highest BCUT2D eigenvalue weighted by Gasteiger charge is 2.13. The molecule has 0 spiro atoms. The van der Waals surface area contributed by atoms with E-state index >= 15 is 0 Å². The first-order valence-electron chi connectivity index (χ1n) is 5.34. The van der Waals surface area contributed by atoms with Gasteiger partial charge in [-0.15, -0.1) is 0 Å². The van der Waals surface area contributed by atoms with E-state index in [4.69, 9.17) is 0 Å². The van der Waals surface area contributed by atoms with Crippen molar-refractivity contribution in [2.75, 3.05) is 25.6 Å². The highest BCUT2D eigenvalue weighted by molar-refractivity contribution is 5.70. The van der Waals surface area contributed by atoms with Gasteiger partial charge in [0.05, 0.1) is 18.5 Å². The number of aryl methyl sites for hydroxylation is 1. The standard InChI is InChI=1S/C11H15N3O4/c1-8-6-9(14(16)17)7-12-11(8)13(2)5-4-10(15)18-3/h6-7H,4-5H2,1-3H3. The average molecular weight is 253 g/mol. The molecule has 0 amide bonds. The third-order valence-electron chi connectivity index (χ3n) is 2.49. The van der Waals surface area contributed by atoms with Crippen molar-refractivity contribution in [3.8, 4) is 0 Å². The molecule has 0 saturated carbocycles. The van der Waals surface area contributed by atoms with Crippen molar-refractivity contribution >= 4 is 17.5 Å². The van der Waals surface area contributed by atoms with Crippen molar-refractivity contribution < 1.29 is 14.5 Å². The molecule has 0 unspecified atom stereocenters. The number of hydrogen-bond acceptors (Lipinski definition) is 6. The maximum Gasteiger partial charge on any atom is 0.307 e. The summed E-state index contributed by atoms with van der Waals surface area (Å²) in [5.74, 6) is 0.311. The molecule has 0 aromatic carbocycles. The Kier molecular flexibility index (Phi) is 4.59. The molecule has 0 aliphatic rings. The fraction of sp³-hybridized carbons (Fsp3) is 0.455. The minimum atomic E-state index is -0.488. The van der Waals surface area contributed by atoms with Gasteiger partial charge in [0.25, 0.3) is 5.69 Å². The van der Waals surface area contributed by atoms with Gasteiger partial charge < -0.3 is 9.64 Å². The Balaban J connectivity index is 2.77. The van der Waals surface area contributed by atoms with E-state index in [9.17, 15) is 14.9 Å². The summed E-state index contributed by atoms with van der Waals surface area (Å²) in [7, 11) is 3.10. The number of carbonyl (C=O) groups excluding carboxylic acids is 1. The normalized spacial score (nSPS) is 9.94. The molecule has 0 radical (unpaired) electrons. The van der Waals surface area contributed by atoms with Gasteiger partial charge in [-0.25, -0.2) is 4.98 Å². The molecule has 1 aromatic rings. The molecule has 0 N–H and O–H groups in total. The second kappa shape index (κ2) is 5.95. The molecule has 7 nitrogen and oxygen atoms in total. The number of esters is 1. The molecular formula is C11H15N3O4. The molecule has 0 aliphatic heterocycles. The van der Waals surface area contributed by atoms with Gasteiger partial charge in [-0.1, -0.05) is 0 Å². The van der Waals surface area contributed by atoms with Crippen LogP contribution in [0.1, 0.15) is 12.0 Å². The summed E-state index contributed by atoms with van der Waals surface area (Å²) >= 11 is 0. The lowest BCUT2D eigenvalue weighted by Gasteiger charge is -2.19. The minimum Gasteiger partial charge on any atom is -0.469 e. The first-order valence-corrected chi connectivity index (χ1v) is 5.34. The lowest BCUT2D eigenvalue weighted by molar-refractivity contribution is -0.385. The highest BCUT2D eigenvalue weighted by atomic mass is 16.6. The molecule has 0 aliphatic carbocycles. The number of ether oxygens (including phenoxy) is 1. The van der Waals surface area contributed by atoms with E-state index in [-0.39, 0.29) is 18.1 Å². The molecule has 0 atom stereocenters. The highest BCUT2D eigenvalue weighted by Crippen LogP contribution is 2.20. The summed E-state index contributed by atoms with van der Waals surface area (Å²) in [4.78, 5) is 26.9. The monoisotopic (exact) mass is 253 g/mol. The van der Waals surface area contributed by atoms with Crippen molar-refractivity contribution in [2.45, 2.75) is 13.3 Å². The van der Waals surface area contributed by atoms with Crippen LogP contribution in [-0.4, -0.2) is 36.6 Å². The molecule has 7 heteroatoms. The number of nitrogens with zero attached hydrogens (tertiary/aromatic N) is 3. The summed E-state index contributed by atoms with van der Waals surface area (Å²) in [6.45, 7) is 2.18. The van der Waals surface area contributed by atoms with Gasteiger partial charge in [-0.3, -0.25) is 14.9 Å². The van der Waals surface area contributed by atoms with Crippen LogP contribution in [0.5, 0.6) is 0 Å². The Hall–Kier alpha value is -2.18. The molecule has 18 heavy (non-hydrogen) atoms. The van der Waals surface area contributed by atoms with Crippen molar-refractivity contribution in [1.29, 1.82) is 0 Å². The summed E-state index contributed by atoms with van der Waals surface area (Å²) in [5, 5.41) is 10.6. The quantitative estimate of drug-likeness (QED) is 0.446. The predicted octanol–water partition coefficient (Wildman–Crippen LogP) is 1.30. The van der Waals surface area contributed by atoms with Crippen LogP contribution in [0.2, 0.25) is 0 Å². The summed E-state index contributed by atoms with van der Waals surface area (Å²) in [6, 6.07) is 1.46. The fourth-order valence-corrected chi connectivity index (χ4v) is 1.52. The predicted molar refractivity (Wildman–Crippen MR) is 65.5 cm³/mol. The van der Waals surface area contributed by atoms with Gasteiger partial charge >= 0.3 is 5.97 Å². The van der Waals surface area contributed by atoms with Crippen LogP contribution in [-0.2, 0) is 9.53 Å². The zero-order valence-electron chi connectivity index (χ0n) is 10.5. The number of rotatable bonds is 5. The molecule has 0 saturated heterocycles. The largest absolute Gasteiger partial charge is 0.469 e. The summed E-state index contributed by atoms with van der Waals surface area (Å²) in [5.41, 5.74) is 0.647. The Morgan fingerprint density at radius 1 is 1.61 bits per heavy atom. The third kappa shape index (κ3) is 3.41. The zero-order valence-corrected chi connectivity index (χ0v) is 10.5. The minimum absolute atomic E-state index is 0.0439. The third-order valence-corrected chi connectivity index (χ3v) is 2.49. The van der Waals surface area contributed by atoms with Crippen LogP contribution in [0.15, 0.2) is 12.3 Å². The van der Waals surface area contributed by atoms with Crippen molar-refractivity contribution in [1.82, 2.24) is 4.98 Å². The molecule has 1 rings (SSSR count). The summed E-state index contributed by atoms with van der Waals surface area (Å²) in [6.07, 6.45) is 1.45. The first-order chi connectivity index (χ1) is 8.45. The number of carbonyl (C=O) groups is 1. The number of methoxy groups -OCH3 is 1. The van der Waals surface area contributed by atoms with E-state index in [1.165, 1.54) is 19.4 Å². The van der Waals surface area contributed by atoms with E-state index in [0.29, 0.717) is 17.9 Å². The van der Waals surface area contributed by atoms with Crippen LogP contribution in [0.25, 0.3) is 0 Å². The van der Waals surface area contributed by atoms with Gasteiger partial charge in [0, 0.05) is 19.7 Å². The van der Waals surface area contributed by atoms with Gasteiger partial charge in [0.15, 0.2) is 0 Å². The van der Waals surface area contributed by atoms with Crippen molar-refractivity contribution in [3.05, 3.63) is 27.9 Å². The van der Waals surface area contributed by atoms with Gasteiger partial charge in [-0.2, -0.15) is 0 Å². The van der Waals surface area contributed by atoms with Crippen LogP contribution in [0, 0.1) is 17.0 Å². The molecular weight excluding hydrogens is 238 g/mol. The van der Waals surface area contributed by atoms with E-state index in [1.807, 2.05) is 0 Å². The van der Waals surface area contributed by atoms with E-state index in [1.54, 1.807) is 18.9 Å². The number of nitro groups is 1. The van der Waals surface area contributed by atoms with Gasteiger partial charge in [-0.05, 0) is 12.5 Å². The van der Waals surface area contributed by atoms with Gasteiger partial charge in [0.2, 0.25) is 0 Å². The van der Waals surface area contributed by atoms with Crippen LogP contribution in [0.4, 0.5) is 11.5 Å². The number of aromatic nitrogens is 1. The van der Waals surface area contributed by atoms with E-state index in [2.05, 4.69) is 9.72 Å². The zero-order chi connectivity index (χ0) is 13.7. The molecule has 1 aromatic heterocycles. The molecule has 0 bridgehead atoms. The number of anilines is 1. The van der Waals surface area contributed by atoms with Gasteiger partial charge in [0.1, 0.15) is 12.0 Å². The van der Waals surface area contributed by atoms with Crippen LogP contribution in [0.3, 0.4) is 0 Å². The lowest BCUT2D eigenvalue weighted by atomic mass is 10.2. The number of pyridine rings is 1. The Labute approximate surface area is 105 Å². The van der Waals surface area contributed by atoms with Crippen molar-refractivity contribution in [3.63, 3.8) is 0 Å². The SMILES string of the molecule is COC(=O)CCN(C)c1ncc([N+](=O)[O-])cc1C. The smallest absolute Gasteiger partial charge is 0.307 e. The molecule has 98 valence electrons. The lowest BCUT2D eigenvalue weighted by Crippen LogP contribution is -2.23. The summed E-state index contributed by atoms with van der Waals surface area (Å²) < 4.78 is 4.54. The fourth-order valence-electron chi connectivity index (χ4n) is 1.52. The average Bonchev–Trinajstić information content (AvgIpc) is 2.35.